The predicted octanol–water partition coefficient (Wildman–Crippen LogP) is 4.89. The minimum atomic E-state index is -3.82. The number of morpholine rings is 1. The van der Waals surface area contributed by atoms with Crippen LogP contribution >= 0.6 is 15.9 Å². The van der Waals surface area contributed by atoms with Gasteiger partial charge >= 0.3 is 0 Å². The summed E-state index contributed by atoms with van der Waals surface area (Å²) in [5, 5.41) is 3.82. The molecule has 9 nitrogen and oxygen atoms in total. The van der Waals surface area contributed by atoms with E-state index in [1.165, 1.54) is 4.31 Å². The highest BCUT2D eigenvalue weighted by molar-refractivity contribution is 9.10. The van der Waals surface area contributed by atoms with Crippen molar-refractivity contribution in [3.05, 3.63) is 82.0 Å². The molecule has 0 atom stereocenters. The van der Waals surface area contributed by atoms with Crippen molar-refractivity contribution in [2.75, 3.05) is 55.6 Å². The lowest BCUT2D eigenvalue weighted by molar-refractivity contribution is -0.110. The lowest BCUT2D eigenvalue weighted by Gasteiger charge is -2.26. The number of amides is 1. The molecule has 3 aliphatic heterocycles. The van der Waals surface area contributed by atoms with Gasteiger partial charge in [0.15, 0.2) is 0 Å². The number of fused-ring (bicyclic) bond motifs is 3. The fraction of sp³-hybridized carbons (Fsp3) is 0.258. The summed E-state index contributed by atoms with van der Waals surface area (Å²) in [6.07, 6.45) is 2.41. The molecule has 1 saturated heterocycles. The Morgan fingerprint density at radius 1 is 1.00 bits per heavy atom. The maximum absolute atomic E-state index is 13.7. The minimum absolute atomic E-state index is 0.148. The molecule has 0 radical (unpaired) electrons. The topological polar surface area (TPSA) is 104 Å². The van der Waals surface area contributed by atoms with Crippen LogP contribution in [-0.2, 0) is 26.0 Å². The first-order valence-corrected chi connectivity index (χ1v) is 16.1. The lowest BCUT2D eigenvalue weighted by Crippen LogP contribution is -2.38. The van der Waals surface area contributed by atoms with Gasteiger partial charge in [-0.15, -0.1) is 0 Å². The Labute approximate surface area is 252 Å². The fourth-order valence-electron chi connectivity index (χ4n) is 5.76. The average Bonchev–Trinajstić information content (AvgIpc) is 3.68. The van der Waals surface area contributed by atoms with Crippen LogP contribution in [-0.4, -0.2) is 70.2 Å². The average molecular weight is 650 g/mol. The Balaban J connectivity index is 1.13. The van der Waals surface area contributed by atoms with Crippen LogP contribution in [0.15, 0.2) is 70.0 Å². The summed E-state index contributed by atoms with van der Waals surface area (Å²) >= 11 is 3.46. The van der Waals surface area contributed by atoms with Crippen LogP contribution in [0.5, 0.6) is 5.75 Å². The molecule has 4 heterocycles. The smallest absolute Gasteiger partial charge is 0.264 e. The Hall–Kier alpha value is -3.64. The molecule has 3 aromatic carbocycles. The molecule has 42 heavy (non-hydrogen) atoms. The van der Waals surface area contributed by atoms with Crippen molar-refractivity contribution < 1.29 is 22.7 Å². The number of carbonyl (C=O) groups is 1. The summed E-state index contributed by atoms with van der Waals surface area (Å²) < 4.78 is 41.2. The molecule has 4 aromatic rings. The molecule has 0 saturated carbocycles. The quantitative estimate of drug-likeness (QED) is 0.277. The Morgan fingerprint density at radius 3 is 2.71 bits per heavy atom. The Bertz CT molecular complexity index is 1850. The number of nitrogens with zero attached hydrogens (tertiary/aromatic N) is 2. The third kappa shape index (κ3) is 5.11. The van der Waals surface area contributed by atoms with Crippen molar-refractivity contribution >= 4 is 65.8 Å². The molecule has 0 unspecified atom stereocenters. The summed E-state index contributed by atoms with van der Waals surface area (Å²) in [5.74, 6) is 0.505. The van der Waals surface area contributed by atoms with Crippen LogP contribution in [0.3, 0.4) is 0 Å². The number of ether oxygens (including phenoxy) is 2. The first-order valence-electron chi connectivity index (χ1n) is 13.9. The summed E-state index contributed by atoms with van der Waals surface area (Å²) in [7, 11) is -3.82. The van der Waals surface area contributed by atoms with Gasteiger partial charge in [-0.05, 0) is 78.7 Å². The minimum Gasteiger partial charge on any atom is -0.492 e. The molecule has 0 spiro atoms. The molecule has 2 N–H and O–H groups in total. The molecule has 0 aliphatic carbocycles. The van der Waals surface area contributed by atoms with E-state index in [4.69, 9.17) is 9.47 Å². The van der Waals surface area contributed by atoms with Crippen molar-refractivity contribution in [2.45, 2.75) is 11.3 Å². The maximum atomic E-state index is 13.7. The van der Waals surface area contributed by atoms with Crippen LogP contribution in [0.1, 0.15) is 16.8 Å². The molecule has 11 heteroatoms. The number of halogens is 1. The van der Waals surface area contributed by atoms with E-state index < -0.39 is 10.0 Å². The first kappa shape index (κ1) is 27.2. The molecule has 1 fully saturated rings. The number of H-pyrrole nitrogens is 1. The summed E-state index contributed by atoms with van der Waals surface area (Å²) in [6, 6.07) is 18.3. The zero-order valence-corrected chi connectivity index (χ0v) is 25.1. The van der Waals surface area contributed by atoms with E-state index in [-0.39, 0.29) is 10.8 Å². The standard InChI is InChI=1S/C31H29BrN4O5S/c32-22-1-6-30-20(15-22)7-8-36(30)42(38,39)25-3-5-29-26(19-25)27(31(37)34-29)18-23-16-21-17-24(2-4-28(21)33-23)41-14-11-35-9-12-40-13-10-35/h1-6,15-19,33H,7-14H2,(H,34,37)/b27-18-. The second kappa shape index (κ2) is 10.9. The largest absolute Gasteiger partial charge is 0.492 e. The number of aromatic amines is 1. The Kier molecular flexibility index (Phi) is 7.05. The van der Waals surface area contributed by atoms with Crippen molar-refractivity contribution in [1.29, 1.82) is 0 Å². The van der Waals surface area contributed by atoms with Crippen molar-refractivity contribution in [3.63, 3.8) is 0 Å². The van der Waals surface area contributed by atoms with Gasteiger partial charge in [0.1, 0.15) is 12.4 Å². The number of hydrogen-bond donors (Lipinski definition) is 2. The number of nitrogens with one attached hydrogen (secondary N) is 2. The summed E-state index contributed by atoms with van der Waals surface area (Å²) in [6.45, 7) is 5.19. The molecule has 7 rings (SSSR count). The molecular formula is C31H29BrN4O5S. The third-order valence-corrected chi connectivity index (χ3v) is 10.3. The summed E-state index contributed by atoms with van der Waals surface area (Å²) in [4.78, 5) is 18.8. The van der Waals surface area contributed by atoms with E-state index in [1.807, 2.05) is 42.5 Å². The molecule has 1 aromatic heterocycles. The SMILES string of the molecule is O=C1Nc2ccc(S(=O)(=O)N3CCc4cc(Br)ccc43)cc2/C1=C/c1cc2cc(OCCN3CCOCC3)ccc2[nH]1. The maximum Gasteiger partial charge on any atom is 0.264 e. The van der Waals surface area contributed by atoms with Crippen LogP contribution in [0.25, 0.3) is 22.6 Å². The molecule has 216 valence electrons. The number of carbonyl (C=O) groups excluding carboxylic acids is 1. The number of rotatable bonds is 7. The summed E-state index contributed by atoms with van der Waals surface area (Å²) in [5.41, 5.74) is 4.87. The fourth-order valence-corrected chi connectivity index (χ4v) is 7.70. The highest BCUT2D eigenvalue weighted by Gasteiger charge is 2.33. The third-order valence-electron chi connectivity index (χ3n) is 7.95. The van der Waals surface area contributed by atoms with Gasteiger partial charge in [-0.3, -0.25) is 14.0 Å². The monoisotopic (exact) mass is 648 g/mol. The molecule has 1 amide bonds. The number of anilines is 2. The van der Waals surface area contributed by atoms with E-state index >= 15 is 0 Å². The number of benzene rings is 3. The lowest BCUT2D eigenvalue weighted by atomic mass is 10.1. The van der Waals surface area contributed by atoms with Gasteiger partial charge in [0.2, 0.25) is 0 Å². The van der Waals surface area contributed by atoms with Gasteiger partial charge in [-0.2, -0.15) is 0 Å². The van der Waals surface area contributed by atoms with Crippen molar-refractivity contribution in [1.82, 2.24) is 9.88 Å². The van der Waals surface area contributed by atoms with Crippen molar-refractivity contribution in [3.8, 4) is 5.75 Å². The zero-order valence-electron chi connectivity index (χ0n) is 22.7. The highest BCUT2D eigenvalue weighted by Crippen LogP contribution is 2.39. The molecule has 0 bridgehead atoms. The second-order valence-corrected chi connectivity index (χ2v) is 13.4. The zero-order chi connectivity index (χ0) is 28.8. The van der Waals surface area contributed by atoms with E-state index in [0.717, 1.165) is 65.2 Å². The van der Waals surface area contributed by atoms with Crippen molar-refractivity contribution in [2.24, 2.45) is 0 Å². The van der Waals surface area contributed by atoms with Crippen LogP contribution in [0.4, 0.5) is 11.4 Å². The normalized spacial score (nSPS) is 18.0. The first-order chi connectivity index (χ1) is 20.3. The highest BCUT2D eigenvalue weighted by atomic mass is 79.9. The molecular weight excluding hydrogens is 620 g/mol. The molecule has 3 aliphatic rings. The van der Waals surface area contributed by atoms with Crippen LogP contribution < -0.4 is 14.4 Å². The number of hydrogen-bond acceptors (Lipinski definition) is 6. The van der Waals surface area contributed by atoms with Gasteiger partial charge in [0, 0.05) is 58.5 Å². The van der Waals surface area contributed by atoms with Gasteiger partial charge in [-0.25, -0.2) is 8.42 Å². The van der Waals surface area contributed by atoms with Crippen LogP contribution in [0.2, 0.25) is 0 Å². The van der Waals surface area contributed by atoms with E-state index in [2.05, 4.69) is 31.1 Å². The second-order valence-electron chi connectivity index (χ2n) is 10.6. The van der Waals surface area contributed by atoms with Gasteiger partial charge in [0.05, 0.1) is 29.4 Å². The van der Waals surface area contributed by atoms with E-state index in [9.17, 15) is 13.2 Å². The predicted molar refractivity (Wildman–Crippen MR) is 166 cm³/mol. The van der Waals surface area contributed by atoms with E-state index in [1.54, 1.807) is 24.3 Å². The Morgan fingerprint density at radius 2 is 1.86 bits per heavy atom. The van der Waals surface area contributed by atoms with E-state index in [0.29, 0.717) is 42.1 Å². The van der Waals surface area contributed by atoms with Gasteiger partial charge in [-0.1, -0.05) is 15.9 Å². The van der Waals surface area contributed by atoms with Crippen LogP contribution in [0, 0.1) is 0 Å². The number of sulfonamides is 1. The number of aromatic nitrogens is 1. The van der Waals surface area contributed by atoms with Gasteiger partial charge < -0.3 is 19.8 Å². The van der Waals surface area contributed by atoms with Gasteiger partial charge in [0.25, 0.3) is 15.9 Å².